The zero-order valence-corrected chi connectivity index (χ0v) is 24.7. The van der Waals surface area contributed by atoms with E-state index in [9.17, 15) is 27.2 Å². The van der Waals surface area contributed by atoms with E-state index in [2.05, 4.69) is 10.6 Å². The Morgan fingerprint density at radius 3 is 2.09 bits per heavy atom. The van der Waals surface area contributed by atoms with Gasteiger partial charge in [0.1, 0.15) is 36.6 Å². The van der Waals surface area contributed by atoms with Gasteiger partial charge in [-0.05, 0) is 67.9 Å². The molecule has 1 amide bonds. The van der Waals surface area contributed by atoms with Crippen LogP contribution in [0.3, 0.4) is 0 Å². The van der Waals surface area contributed by atoms with E-state index >= 15 is 0 Å². The SMILES string of the molecule is COC(=O)[C@H](NCC(=O)OCCS(=O)(=O)c1ccc(Oc2ccc(F)cc2)cc1)C(C)(C)NC(=O)OCc1ccccc1. The van der Waals surface area contributed by atoms with Crippen molar-refractivity contribution in [3.8, 4) is 11.5 Å². The van der Waals surface area contributed by atoms with E-state index in [1.807, 2.05) is 6.07 Å². The van der Waals surface area contributed by atoms with Crippen molar-refractivity contribution < 1.29 is 46.1 Å². The fraction of sp³-hybridized carbons (Fsp3) is 0.300. The molecular weight excluding hydrogens is 583 g/mol. The third-order valence-electron chi connectivity index (χ3n) is 6.09. The molecule has 230 valence electrons. The summed E-state index contributed by atoms with van der Waals surface area (Å²) in [5.41, 5.74) is -0.479. The van der Waals surface area contributed by atoms with Crippen LogP contribution in [0.2, 0.25) is 0 Å². The van der Waals surface area contributed by atoms with Crippen LogP contribution in [0.25, 0.3) is 0 Å². The fourth-order valence-electron chi connectivity index (χ4n) is 3.82. The molecule has 11 nitrogen and oxygen atoms in total. The summed E-state index contributed by atoms with van der Waals surface area (Å²) in [5, 5.41) is 5.28. The van der Waals surface area contributed by atoms with Crippen molar-refractivity contribution in [2.45, 2.75) is 36.9 Å². The number of methoxy groups -OCH3 is 1. The second-order valence-corrected chi connectivity index (χ2v) is 11.9. The maximum Gasteiger partial charge on any atom is 0.407 e. The van der Waals surface area contributed by atoms with E-state index in [1.54, 1.807) is 38.1 Å². The van der Waals surface area contributed by atoms with E-state index in [4.69, 9.17) is 18.9 Å². The largest absolute Gasteiger partial charge is 0.468 e. The lowest BCUT2D eigenvalue weighted by Gasteiger charge is -2.33. The molecule has 0 radical (unpaired) electrons. The van der Waals surface area contributed by atoms with Gasteiger partial charge in [0.15, 0.2) is 9.84 Å². The molecule has 0 fully saturated rings. The van der Waals surface area contributed by atoms with Crippen LogP contribution >= 0.6 is 0 Å². The first-order chi connectivity index (χ1) is 20.4. The van der Waals surface area contributed by atoms with Gasteiger partial charge < -0.3 is 24.3 Å². The van der Waals surface area contributed by atoms with Crippen LogP contribution in [-0.2, 0) is 40.2 Å². The highest BCUT2D eigenvalue weighted by molar-refractivity contribution is 7.91. The number of rotatable bonds is 14. The summed E-state index contributed by atoms with van der Waals surface area (Å²) in [4.78, 5) is 37.1. The van der Waals surface area contributed by atoms with Gasteiger partial charge in [0.25, 0.3) is 0 Å². The average Bonchev–Trinajstić information content (AvgIpc) is 2.97. The molecule has 3 aromatic carbocycles. The standard InChI is InChI=1S/C30H33FN2O9S/c1-30(2,33-29(36)41-20-21-7-5-4-6-8-21)27(28(35)39-3)32-19-26(34)40-17-18-43(37,38)25-15-13-24(14-16-25)42-23-11-9-22(31)10-12-23/h4-16,27,32H,17-20H2,1-3H3,(H,33,36)/t27-/m0/s1. The van der Waals surface area contributed by atoms with Crippen LogP contribution in [0, 0.1) is 5.82 Å². The highest BCUT2D eigenvalue weighted by Gasteiger charge is 2.38. The van der Waals surface area contributed by atoms with Crippen molar-refractivity contribution >= 4 is 27.9 Å². The van der Waals surface area contributed by atoms with Crippen LogP contribution in [-0.4, -0.2) is 64.0 Å². The number of ether oxygens (including phenoxy) is 4. The smallest absolute Gasteiger partial charge is 0.407 e. The normalized spacial score (nSPS) is 12.1. The quantitative estimate of drug-likeness (QED) is 0.203. The molecule has 0 bridgehead atoms. The first-order valence-corrected chi connectivity index (χ1v) is 14.8. The summed E-state index contributed by atoms with van der Waals surface area (Å²) < 4.78 is 59.1. The highest BCUT2D eigenvalue weighted by Crippen LogP contribution is 2.23. The summed E-state index contributed by atoms with van der Waals surface area (Å²) >= 11 is 0. The molecule has 3 aromatic rings. The Labute approximate surface area is 249 Å². The van der Waals surface area contributed by atoms with Crippen molar-refractivity contribution in [1.29, 1.82) is 0 Å². The molecule has 0 aliphatic carbocycles. The minimum atomic E-state index is -3.80. The average molecular weight is 617 g/mol. The Bertz CT molecular complexity index is 1480. The van der Waals surface area contributed by atoms with E-state index in [0.717, 1.165) is 12.7 Å². The van der Waals surface area contributed by atoms with Gasteiger partial charge in [-0.25, -0.2) is 17.6 Å². The molecule has 0 unspecified atom stereocenters. The molecule has 0 saturated heterocycles. The number of halogens is 1. The minimum absolute atomic E-state index is 0.00846. The van der Waals surface area contributed by atoms with Crippen molar-refractivity contribution in [2.75, 3.05) is 26.0 Å². The van der Waals surface area contributed by atoms with Crippen molar-refractivity contribution in [1.82, 2.24) is 10.6 Å². The fourth-order valence-corrected chi connectivity index (χ4v) is 4.91. The van der Waals surface area contributed by atoms with Crippen molar-refractivity contribution in [3.63, 3.8) is 0 Å². The summed E-state index contributed by atoms with van der Waals surface area (Å²) in [6.45, 7) is 2.19. The predicted octanol–water partition coefficient (Wildman–Crippen LogP) is 3.77. The maximum atomic E-state index is 13.1. The number of nitrogens with one attached hydrogen (secondary N) is 2. The van der Waals surface area contributed by atoms with Gasteiger partial charge in [-0.15, -0.1) is 0 Å². The molecule has 43 heavy (non-hydrogen) atoms. The van der Waals surface area contributed by atoms with Gasteiger partial charge in [0.2, 0.25) is 0 Å². The van der Waals surface area contributed by atoms with Gasteiger partial charge in [0, 0.05) is 0 Å². The number of hydrogen-bond donors (Lipinski definition) is 2. The van der Waals surface area contributed by atoms with E-state index in [0.29, 0.717) is 11.5 Å². The van der Waals surface area contributed by atoms with E-state index < -0.39 is 64.2 Å². The van der Waals surface area contributed by atoms with E-state index in [1.165, 1.54) is 48.5 Å². The third-order valence-corrected chi connectivity index (χ3v) is 7.79. The first kappa shape index (κ1) is 33.0. The monoisotopic (exact) mass is 616 g/mol. The summed E-state index contributed by atoms with van der Waals surface area (Å²) in [6, 6.07) is 18.8. The molecule has 13 heteroatoms. The molecule has 0 saturated carbocycles. The summed E-state index contributed by atoms with van der Waals surface area (Å²) in [6.07, 6.45) is -0.785. The number of benzene rings is 3. The Morgan fingerprint density at radius 2 is 1.49 bits per heavy atom. The zero-order valence-electron chi connectivity index (χ0n) is 23.9. The van der Waals surface area contributed by atoms with Crippen molar-refractivity contribution in [2.24, 2.45) is 0 Å². The Hall–Kier alpha value is -4.49. The summed E-state index contributed by atoms with van der Waals surface area (Å²) in [5.74, 6) is -1.74. The Morgan fingerprint density at radius 1 is 0.884 bits per heavy atom. The number of carbonyl (C=O) groups is 3. The first-order valence-electron chi connectivity index (χ1n) is 13.1. The molecule has 2 N–H and O–H groups in total. The van der Waals surface area contributed by atoms with Crippen LogP contribution in [0.1, 0.15) is 19.4 Å². The van der Waals surface area contributed by atoms with Gasteiger partial charge in [-0.3, -0.25) is 14.9 Å². The number of amides is 1. The van der Waals surface area contributed by atoms with Gasteiger partial charge in [-0.2, -0.15) is 0 Å². The van der Waals surface area contributed by atoms with Gasteiger partial charge >= 0.3 is 18.0 Å². The highest BCUT2D eigenvalue weighted by atomic mass is 32.2. The molecule has 0 heterocycles. The molecule has 1 atom stereocenters. The molecule has 3 rings (SSSR count). The number of sulfone groups is 1. The zero-order chi connectivity index (χ0) is 31.5. The lowest BCUT2D eigenvalue weighted by atomic mass is 9.94. The number of alkyl carbamates (subject to hydrolysis) is 1. The van der Waals surface area contributed by atoms with Crippen LogP contribution in [0.4, 0.5) is 9.18 Å². The second kappa shape index (κ2) is 15.1. The predicted molar refractivity (Wildman–Crippen MR) is 154 cm³/mol. The number of carbonyl (C=O) groups excluding carboxylic acids is 3. The van der Waals surface area contributed by atoms with Crippen molar-refractivity contribution in [3.05, 3.63) is 90.2 Å². The molecule has 0 spiro atoms. The van der Waals surface area contributed by atoms with Crippen LogP contribution in [0.15, 0.2) is 83.8 Å². The minimum Gasteiger partial charge on any atom is -0.468 e. The topological polar surface area (TPSA) is 146 Å². The molecular formula is C30H33FN2O9S. The van der Waals surface area contributed by atoms with Crippen LogP contribution < -0.4 is 15.4 Å². The Kier molecular flexibility index (Phi) is 11.6. The molecule has 0 aliphatic heterocycles. The molecule has 0 aliphatic rings. The second-order valence-electron chi connectivity index (χ2n) is 9.81. The lowest BCUT2D eigenvalue weighted by molar-refractivity contribution is -0.146. The Balaban J connectivity index is 1.47. The molecule has 0 aromatic heterocycles. The van der Waals surface area contributed by atoms with Gasteiger partial charge in [0.05, 0.1) is 29.8 Å². The number of hydrogen-bond acceptors (Lipinski definition) is 10. The third kappa shape index (κ3) is 10.4. The van der Waals surface area contributed by atoms with Gasteiger partial charge in [-0.1, -0.05) is 30.3 Å². The van der Waals surface area contributed by atoms with E-state index in [-0.39, 0.29) is 11.5 Å². The lowest BCUT2D eigenvalue weighted by Crippen LogP contribution is -2.62. The maximum absolute atomic E-state index is 13.1. The van der Waals surface area contributed by atoms with Crippen LogP contribution in [0.5, 0.6) is 11.5 Å². The summed E-state index contributed by atoms with van der Waals surface area (Å²) in [7, 11) is -2.64. The number of esters is 2.